The molecule has 1 atom stereocenters. The lowest BCUT2D eigenvalue weighted by molar-refractivity contribution is 0.193. The second-order valence-electron chi connectivity index (χ2n) is 7.20. The van der Waals surface area contributed by atoms with Gasteiger partial charge in [-0.2, -0.15) is 0 Å². The van der Waals surface area contributed by atoms with E-state index in [0.717, 1.165) is 32.0 Å². The van der Waals surface area contributed by atoms with Gasteiger partial charge in [-0.05, 0) is 62.0 Å². The number of benzene rings is 2. The first kappa shape index (κ1) is 18.2. The van der Waals surface area contributed by atoms with Crippen LogP contribution in [0.1, 0.15) is 18.4 Å². The summed E-state index contributed by atoms with van der Waals surface area (Å²) in [5, 5.41) is 0. The van der Waals surface area contributed by atoms with Gasteiger partial charge in [-0.15, -0.1) is 0 Å². The Balaban J connectivity index is 1.26. The van der Waals surface area contributed by atoms with Gasteiger partial charge in [0.25, 0.3) is 0 Å². The molecule has 3 aromatic rings. The minimum Gasteiger partial charge on any atom is -0.408 e. The smallest absolute Gasteiger partial charge is 0.408 e. The molecule has 2 aromatic carbocycles. The van der Waals surface area contributed by atoms with Gasteiger partial charge in [0.05, 0.1) is 16.3 Å². The number of hydrogen-bond donors (Lipinski definition) is 1. The summed E-state index contributed by atoms with van der Waals surface area (Å²) in [6.07, 6.45) is 3.55. The number of nitrogens with one attached hydrogen (secondary N) is 1. The van der Waals surface area contributed by atoms with Crippen LogP contribution in [0.5, 0.6) is 0 Å². The van der Waals surface area contributed by atoms with E-state index in [4.69, 9.17) is 4.42 Å². The molecule has 0 saturated carbocycles. The largest absolute Gasteiger partial charge is 0.417 e. The van der Waals surface area contributed by atoms with E-state index in [1.165, 1.54) is 18.4 Å². The summed E-state index contributed by atoms with van der Waals surface area (Å²) in [6, 6.07) is 15.9. The fourth-order valence-electron chi connectivity index (χ4n) is 3.76. The van der Waals surface area contributed by atoms with Crippen molar-refractivity contribution in [1.82, 2.24) is 9.88 Å². The van der Waals surface area contributed by atoms with Gasteiger partial charge in [-0.25, -0.2) is 4.79 Å². The number of oxazole rings is 1. The summed E-state index contributed by atoms with van der Waals surface area (Å²) in [6.45, 7) is 2.97. The highest BCUT2D eigenvalue weighted by Gasteiger charge is 2.20. The van der Waals surface area contributed by atoms with E-state index in [1.54, 1.807) is 18.2 Å². The molecule has 0 bridgehead atoms. The SMILES string of the molecule is O=c1[nH]c2ccc([S@](=O)CCN3CCC(Cc4ccccc4)CC3)cc2o1. The summed E-state index contributed by atoms with van der Waals surface area (Å²) in [7, 11) is -1.09. The molecule has 1 aliphatic heterocycles. The molecule has 142 valence electrons. The Hall–Kier alpha value is -2.18. The van der Waals surface area contributed by atoms with Crippen LogP contribution in [-0.4, -0.2) is 39.5 Å². The number of rotatable bonds is 6. The minimum absolute atomic E-state index is 0.465. The number of hydrogen-bond acceptors (Lipinski definition) is 4. The Morgan fingerprint density at radius 3 is 2.67 bits per heavy atom. The number of fused-ring (bicyclic) bond motifs is 1. The second-order valence-corrected chi connectivity index (χ2v) is 8.77. The highest BCUT2D eigenvalue weighted by molar-refractivity contribution is 7.85. The van der Waals surface area contributed by atoms with Gasteiger partial charge in [-0.3, -0.25) is 9.19 Å². The van der Waals surface area contributed by atoms with Crippen molar-refractivity contribution in [3.63, 3.8) is 0 Å². The molecular weight excluding hydrogens is 360 g/mol. The Bertz CT molecular complexity index is 972. The Morgan fingerprint density at radius 2 is 1.89 bits per heavy atom. The normalized spacial score (nSPS) is 17.3. The first-order valence-electron chi connectivity index (χ1n) is 9.45. The highest BCUT2D eigenvalue weighted by atomic mass is 32.2. The highest BCUT2D eigenvalue weighted by Crippen LogP contribution is 2.22. The van der Waals surface area contributed by atoms with E-state index in [-0.39, 0.29) is 0 Å². The van der Waals surface area contributed by atoms with Crippen molar-refractivity contribution in [2.24, 2.45) is 5.92 Å². The summed E-state index contributed by atoms with van der Waals surface area (Å²) in [5.74, 6) is 0.864. The molecule has 1 aromatic heterocycles. The quantitative estimate of drug-likeness (QED) is 0.709. The van der Waals surface area contributed by atoms with Crippen molar-refractivity contribution in [2.75, 3.05) is 25.4 Å². The van der Waals surface area contributed by atoms with Crippen LogP contribution in [0.15, 0.2) is 62.6 Å². The molecule has 0 unspecified atom stereocenters. The summed E-state index contributed by atoms with van der Waals surface area (Å²) >= 11 is 0. The van der Waals surface area contributed by atoms with Crippen LogP contribution in [0.4, 0.5) is 0 Å². The zero-order chi connectivity index (χ0) is 18.6. The summed E-state index contributed by atoms with van der Waals surface area (Å²) in [4.78, 5) is 17.0. The van der Waals surface area contributed by atoms with E-state index in [9.17, 15) is 9.00 Å². The van der Waals surface area contributed by atoms with Gasteiger partial charge in [0, 0.05) is 17.2 Å². The lowest BCUT2D eigenvalue weighted by Crippen LogP contribution is -2.36. The zero-order valence-corrected chi connectivity index (χ0v) is 16.0. The molecule has 0 spiro atoms. The van der Waals surface area contributed by atoms with Crippen LogP contribution in [0.2, 0.25) is 0 Å². The van der Waals surface area contributed by atoms with Crippen LogP contribution < -0.4 is 5.76 Å². The fourth-order valence-corrected chi connectivity index (χ4v) is 4.88. The van der Waals surface area contributed by atoms with Gasteiger partial charge in [0.2, 0.25) is 0 Å². The molecule has 0 radical (unpaired) electrons. The number of H-pyrrole nitrogens is 1. The minimum atomic E-state index is -1.09. The number of piperidine rings is 1. The molecule has 0 amide bonds. The number of aromatic nitrogens is 1. The number of aromatic amines is 1. The molecule has 2 heterocycles. The second kappa shape index (κ2) is 8.23. The first-order valence-corrected chi connectivity index (χ1v) is 10.8. The molecule has 1 fully saturated rings. The Morgan fingerprint density at radius 1 is 1.11 bits per heavy atom. The van der Waals surface area contributed by atoms with E-state index < -0.39 is 16.6 Å². The molecule has 0 aliphatic carbocycles. The molecule has 1 aliphatic rings. The van der Waals surface area contributed by atoms with Crippen LogP contribution in [0.3, 0.4) is 0 Å². The van der Waals surface area contributed by atoms with E-state index >= 15 is 0 Å². The number of likely N-dealkylation sites (tertiary alicyclic amines) is 1. The third-order valence-electron chi connectivity index (χ3n) is 5.32. The third-order valence-corrected chi connectivity index (χ3v) is 6.66. The van der Waals surface area contributed by atoms with Crippen molar-refractivity contribution < 1.29 is 8.63 Å². The topological polar surface area (TPSA) is 66.3 Å². The molecule has 1 N–H and O–H groups in total. The van der Waals surface area contributed by atoms with Crippen LogP contribution >= 0.6 is 0 Å². The van der Waals surface area contributed by atoms with Gasteiger partial charge < -0.3 is 9.32 Å². The molecule has 1 saturated heterocycles. The maximum Gasteiger partial charge on any atom is 0.417 e. The lowest BCUT2D eigenvalue weighted by atomic mass is 9.90. The third kappa shape index (κ3) is 4.57. The van der Waals surface area contributed by atoms with Crippen molar-refractivity contribution in [2.45, 2.75) is 24.2 Å². The van der Waals surface area contributed by atoms with E-state index in [2.05, 4.69) is 40.2 Å². The zero-order valence-electron chi connectivity index (χ0n) is 15.2. The average Bonchev–Trinajstić information content (AvgIpc) is 3.07. The van der Waals surface area contributed by atoms with Crippen molar-refractivity contribution in [3.05, 3.63) is 64.6 Å². The fraction of sp³-hybridized carbons (Fsp3) is 0.381. The lowest BCUT2D eigenvalue weighted by Gasteiger charge is -2.31. The maximum absolute atomic E-state index is 12.6. The van der Waals surface area contributed by atoms with Crippen molar-refractivity contribution in [3.8, 4) is 0 Å². The van der Waals surface area contributed by atoms with Gasteiger partial charge in [-0.1, -0.05) is 30.3 Å². The molecule has 27 heavy (non-hydrogen) atoms. The van der Waals surface area contributed by atoms with E-state index in [0.29, 0.717) is 21.7 Å². The predicted octanol–water partition coefficient (Wildman–Crippen LogP) is 3.18. The van der Waals surface area contributed by atoms with Crippen molar-refractivity contribution >= 4 is 21.9 Å². The Labute approximate surface area is 160 Å². The van der Waals surface area contributed by atoms with Crippen LogP contribution in [0, 0.1) is 5.92 Å². The predicted molar refractivity (Wildman–Crippen MR) is 107 cm³/mol. The van der Waals surface area contributed by atoms with Crippen molar-refractivity contribution in [1.29, 1.82) is 0 Å². The molecule has 5 nitrogen and oxygen atoms in total. The van der Waals surface area contributed by atoms with Gasteiger partial charge >= 0.3 is 5.76 Å². The monoisotopic (exact) mass is 384 g/mol. The first-order chi connectivity index (χ1) is 13.2. The standard InChI is InChI=1S/C21H24N2O3S/c24-21-22-19-7-6-18(15-20(19)26-21)27(25)13-12-23-10-8-17(9-11-23)14-16-4-2-1-3-5-16/h1-7,15,17H,8-14H2,(H,22,24)/t27-/m1/s1. The molecular formula is C21H24N2O3S. The molecule has 4 rings (SSSR count). The van der Waals surface area contributed by atoms with Crippen LogP contribution in [0.25, 0.3) is 11.1 Å². The maximum atomic E-state index is 12.6. The van der Waals surface area contributed by atoms with E-state index in [1.807, 2.05) is 0 Å². The number of nitrogens with zero attached hydrogens (tertiary/aromatic N) is 1. The van der Waals surface area contributed by atoms with Gasteiger partial charge in [0.15, 0.2) is 5.58 Å². The average molecular weight is 385 g/mol. The summed E-state index contributed by atoms with van der Waals surface area (Å²) in [5.41, 5.74) is 2.53. The summed E-state index contributed by atoms with van der Waals surface area (Å²) < 4.78 is 17.7. The Kier molecular flexibility index (Phi) is 5.55. The van der Waals surface area contributed by atoms with Gasteiger partial charge in [0.1, 0.15) is 0 Å². The molecule has 6 heteroatoms. The van der Waals surface area contributed by atoms with Crippen LogP contribution in [-0.2, 0) is 17.2 Å².